The van der Waals surface area contributed by atoms with Crippen molar-refractivity contribution in [3.8, 4) is 0 Å². The molecule has 1 aromatic carbocycles. The average molecular weight is 477 g/mol. The minimum atomic E-state index is -1.75. The summed E-state index contributed by atoms with van der Waals surface area (Å²) >= 11 is 0. The minimum Gasteiger partial charge on any atom is -0.480 e. The molecule has 0 aromatic heterocycles. The molecule has 3 heterocycles. The Morgan fingerprint density at radius 1 is 1.21 bits per heavy atom. The summed E-state index contributed by atoms with van der Waals surface area (Å²) in [5.41, 5.74) is 0.405. The van der Waals surface area contributed by atoms with E-state index in [2.05, 4.69) is 16.0 Å². The maximum absolute atomic E-state index is 13.2. The van der Waals surface area contributed by atoms with Crippen LogP contribution in [0.15, 0.2) is 30.3 Å². The number of β-lactam (4-membered cyclic amide) rings is 1. The fourth-order valence-electron chi connectivity index (χ4n) is 4.34. The molecule has 4 N–H and O–H groups in total. The predicted molar refractivity (Wildman–Crippen MR) is 114 cm³/mol. The number of carbonyl (C=O) groups is 5. The Balaban J connectivity index is 1.55. The van der Waals surface area contributed by atoms with Crippen LogP contribution in [-0.4, -0.2) is 84.3 Å². The summed E-state index contributed by atoms with van der Waals surface area (Å²) in [5, 5.41) is 16.1. The molecule has 3 aliphatic rings. The van der Waals surface area contributed by atoms with Gasteiger partial charge in [0.15, 0.2) is 0 Å². The number of hydrogen-bond donors (Lipinski definition) is 4. The highest BCUT2D eigenvalue weighted by Crippen LogP contribution is 2.43. The lowest BCUT2D eigenvalue weighted by atomic mass is 9.95. The maximum atomic E-state index is 13.2. The van der Waals surface area contributed by atoms with E-state index in [4.69, 9.17) is 0 Å². The molecule has 3 fully saturated rings. The third-order valence-corrected chi connectivity index (χ3v) is 8.25. The first-order chi connectivity index (χ1) is 15.6. The van der Waals surface area contributed by atoms with Crippen LogP contribution >= 0.6 is 0 Å². The Kier molecular flexibility index (Phi) is 5.60. The summed E-state index contributed by atoms with van der Waals surface area (Å²) in [6.45, 7) is 3.42. The first-order valence-electron chi connectivity index (χ1n) is 10.2. The maximum Gasteiger partial charge on any atom is 0.328 e. The number of carbonyl (C=O) groups excluding carboxylic acids is 4. The van der Waals surface area contributed by atoms with Gasteiger partial charge in [-0.25, -0.2) is 19.3 Å². The summed E-state index contributed by atoms with van der Waals surface area (Å²) in [7, 11) is -1.75. The highest BCUT2D eigenvalue weighted by molar-refractivity contribution is 7.87. The van der Waals surface area contributed by atoms with E-state index >= 15 is 0 Å². The van der Waals surface area contributed by atoms with Crippen molar-refractivity contribution in [3.05, 3.63) is 35.9 Å². The number of carboxylic acid groups (broad SMARTS) is 1. The van der Waals surface area contributed by atoms with Crippen LogP contribution in [0.4, 0.5) is 9.59 Å². The van der Waals surface area contributed by atoms with E-state index in [1.807, 2.05) is 0 Å². The van der Waals surface area contributed by atoms with Gasteiger partial charge in [-0.2, -0.15) is 0 Å². The number of aliphatic carboxylic acids is 1. The fraction of sp³-hybridized carbons (Fsp3) is 0.450. The highest BCUT2D eigenvalue weighted by atomic mass is 32.2. The van der Waals surface area contributed by atoms with E-state index in [1.165, 1.54) is 13.8 Å². The molecule has 13 heteroatoms. The van der Waals surface area contributed by atoms with Crippen molar-refractivity contribution in [2.45, 2.75) is 42.1 Å². The standard InChI is InChI=1S/C20H23N5O7S/c1-20(2)13(17(28)29)25-15(27)12(16(25)33(20)32)22-14(26)11(10-6-4-3-5-7-10)23-19(31)24-9-8-21-18(24)30/h3-7,11-13,16H,8-9H2,1-2H3,(H,21,30)(H,22,26)(H,23,31)(H,28,29)/t11-,12-,13+,16-,33?/m1/s1. The second kappa shape index (κ2) is 8.14. The van der Waals surface area contributed by atoms with Crippen LogP contribution in [-0.2, 0) is 25.2 Å². The molecule has 33 heavy (non-hydrogen) atoms. The van der Waals surface area contributed by atoms with E-state index in [0.29, 0.717) is 5.56 Å². The molecule has 6 amide bonds. The van der Waals surface area contributed by atoms with E-state index in [9.17, 15) is 33.3 Å². The van der Waals surface area contributed by atoms with Crippen LogP contribution < -0.4 is 16.0 Å². The van der Waals surface area contributed by atoms with Gasteiger partial charge in [-0.3, -0.25) is 13.8 Å². The predicted octanol–water partition coefficient (Wildman–Crippen LogP) is -0.890. The van der Waals surface area contributed by atoms with Gasteiger partial charge in [0.05, 0.1) is 15.5 Å². The topological polar surface area (TPSA) is 165 Å². The van der Waals surface area contributed by atoms with Crippen LogP contribution in [0.1, 0.15) is 25.5 Å². The van der Waals surface area contributed by atoms with E-state index in [0.717, 1.165) is 9.80 Å². The van der Waals surface area contributed by atoms with Crippen LogP contribution in [0.2, 0.25) is 0 Å². The molecule has 0 spiro atoms. The number of imide groups is 1. The molecule has 0 saturated carbocycles. The molecule has 1 unspecified atom stereocenters. The fourth-order valence-corrected chi connectivity index (χ4v) is 6.26. The Labute approximate surface area is 191 Å². The molecule has 3 saturated heterocycles. The van der Waals surface area contributed by atoms with Crippen LogP contribution in [0.5, 0.6) is 0 Å². The number of rotatable bonds is 5. The van der Waals surface area contributed by atoms with Gasteiger partial charge in [0.2, 0.25) is 11.8 Å². The van der Waals surface area contributed by atoms with E-state index < -0.39 is 68.9 Å². The van der Waals surface area contributed by atoms with Crippen LogP contribution in [0.25, 0.3) is 0 Å². The molecule has 0 bridgehead atoms. The molecular formula is C20H23N5O7S. The van der Waals surface area contributed by atoms with Gasteiger partial charge in [-0.1, -0.05) is 30.3 Å². The second-order valence-corrected chi connectivity index (χ2v) is 10.6. The molecule has 4 rings (SSSR count). The first kappa shape index (κ1) is 22.7. The normalized spacial score (nSPS) is 28.4. The van der Waals surface area contributed by atoms with Gasteiger partial charge in [0.25, 0.3) is 0 Å². The van der Waals surface area contributed by atoms with Crippen LogP contribution in [0.3, 0.4) is 0 Å². The summed E-state index contributed by atoms with van der Waals surface area (Å²) in [4.78, 5) is 64.0. The molecule has 0 aliphatic carbocycles. The average Bonchev–Trinajstić information content (AvgIpc) is 3.28. The molecule has 5 atom stereocenters. The van der Waals surface area contributed by atoms with Gasteiger partial charge in [-0.05, 0) is 19.4 Å². The first-order valence-corrected chi connectivity index (χ1v) is 11.4. The van der Waals surface area contributed by atoms with Gasteiger partial charge < -0.3 is 26.0 Å². The molecule has 1 aromatic rings. The lowest BCUT2D eigenvalue weighted by Gasteiger charge is -2.43. The lowest BCUT2D eigenvalue weighted by Crippen LogP contribution is -2.72. The van der Waals surface area contributed by atoms with Gasteiger partial charge in [0, 0.05) is 13.1 Å². The number of nitrogens with zero attached hydrogens (tertiary/aromatic N) is 2. The van der Waals surface area contributed by atoms with Crippen molar-refractivity contribution in [1.29, 1.82) is 0 Å². The summed E-state index contributed by atoms with van der Waals surface area (Å²) < 4.78 is 11.7. The minimum absolute atomic E-state index is 0.135. The lowest BCUT2D eigenvalue weighted by molar-refractivity contribution is -0.161. The van der Waals surface area contributed by atoms with Crippen molar-refractivity contribution in [1.82, 2.24) is 25.8 Å². The zero-order valence-electron chi connectivity index (χ0n) is 17.8. The Hall–Kier alpha value is -3.48. The zero-order chi connectivity index (χ0) is 24.1. The van der Waals surface area contributed by atoms with Crippen molar-refractivity contribution in [3.63, 3.8) is 0 Å². The zero-order valence-corrected chi connectivity index (χ0v) is 18.6. The number of hydrogen-bond acceptors (Lipinski definition) is 6. The van der Waals surface area contributed by atoms with Crippen molar-refractivity contribution in [2.24, 2.45) is 0 Å². The Morgan fingerprint density at radius 2 is 1.88 bits per heavy atom. The monoisotopic (exact) mass is 477 g/mol. The Bertz CT molecular complexity index is 1060. The van der Waals surface area contributed by atoms with Gasteiger partial charge in [0.1, 0.15) is 23.5 Å². The second-order valence-electron chi connectivity index (χ2n) is 8.44. The van der Waals surface area contributed by atoms with Crippen molar-refractivity contribution < 1.29 is 33.3 Å². The number of carboxylic acids is 1. The molecular weight excluding hydrogens is 454 g/mol. The number of fused-ring (bicyclic) bond motifs is 1. The number of benzene rings is 1. The van der Waals surface area contributed by atoms with Crippen molar-refractivity contribution in [2.75, 3.05) is 13.1 Å². The smallest absolute Gasteiger partial charge is 0.328 e. The van der Waals surface area contributed by atoms with E-state index in [1.54, 1.807) is 30.3 Å². The van der Waals surface area contributed by atoms with Crippen LogP contribution in [0, 0.1) is 0 Å². The summed E-state index contributed by atoms with van der Waals surface area (Å²) in [6.07, 6.45) is 0. The van der Waals surface area contributed by atoms with Crippen molar-refractivity contribution >= 4 is 40.6 Å². The third kappa shape index (κ3) is 3.61. The quantitative estimate of drug-likeness (QED) is 0.399. The Morgan fingerprint density at radius 3 is 2.45 bits per heavy atom. The largest absolute Gasteiger partial charge is 0.480 e. The number of amides is 6. The molecule has 12 nitrogen and oxygen atoms in total. The van der Waals surface area contributed by atoms with Gasteiger partial charge >= 0.3 is 18.0 Å². The number of nitrogens with one attached hydrogen (secondary N) is 3. The summed E-state index contributed by atoms with van der Waals surface area (Å²) in [5.74, 6) is -2.68. The SMILES string of the molecule is CC1(C)[C@H](C(=O)O)N2C(=O)[C@@H](NC(=O)[C@H](NC(=O)N3CCNC3=O)c3ccccc3)[C@H]2S1=O. The highest BCUT2D eigenvalue weighted by Gasteiger charge is 2.68. The third-order valence-electron chi connectivity index (χ3n) is 6.05. The molecule has 3 aliphatic heterocycles. The van der Waals surface area contributed by atoms with Gasteiger partial charge in [-0.15, -0.1) is 0 Å². The summed E-state index contributed by atoms with van der Waals surface area (Å²) in [6, 6.07) is 3.15. The number of urea groups is 2. The van der Waals surface area contributed by atoms with E-state index in [-0.39, 0.29) is 13.1 Å². The molecule has 176 valence electrons. The molecule has 0 radical (unpaired) electrons.